The topological polar surface area (TPSA) is 97.8 Å². The highest BCUT2D eigenvalue weighted by molar-refractivity contribution is 5.94. The fourth-order valence-electron chi connectivity index (χ4n) is 2.46. The number of aromatic carboxylic acids is 1. The van der Waals surface area contributed by atoms with Crippen molar-refractivity contribution in [2.45, 2.75) is 19.1 Å². The minimum atomic E-state index is -1.18. The molecule has 1 heterocycles. The number of methoxy groups -OCH3 is 2. The first-order valence-corrected chi connectivity index (χ1v) is 7.64. The Morgan fingerprint density at radius 2 is 1.72 bits per heavy atom. The predicted molar refractivity (Wildman–Crippen MR) is 90.9 cm³/mol. The van der Waals surface area contributed by atoms with Crippen LogP contribution < -0.4 is 10.1 Å². The van der Waals surface area contributed by atoms with E-state index in [1.807, 2.05) is 24.3 Å². The third-order valence-corrected chi connectivity index (χ3v) is 3.71. The minimum Gasteiger partial charge on any atom is -0.497 e. The number of hydrogen-bond donors (Lipinski definition) is 2. The maximum absolute atomic E-state index is 12.3. The van der Waals surface area contributed by atoms with Gasteiger partial charge in [0.2, 0.25) is 0 Å². The summed E-state index contributed by atoms with van der Waals surface area (Å²) in [7, 11) is 3.14. The summed E-state index contributed by atoms with van der Waals surface area (Å²) < 4.78 is 10.6. The van der Waals surface area contributed by atoms with Crippen LogP contribution in [0.3, 0.4) is 0 Å². The van der Waals surface area contributed by atoms with Gasteiger partial charge in [0.25, 0.3) is 5.91 Å². The van der Waals surface area contributed by atoms with Crippen LogP contribution in [0.5, 0.6) is 5.75 Å². The standard InChI is InChI=1S/C18H20N2O5/c1-11(16(25-3)12-7-9-13(24-2)10-8-12)19-17(21)14-5-4-6-15(20-14)18(22)23/h4-11,16H,1-3H3,(H,19,21)(H,22,23). The third kappa shape index (κ3) is 4.54. The molecule has 1 aromatic heterocycles. The Labute approximate surface area is 145 Å². The molecule has 2 rings (SSSR count). The Kier molecular flexibility index (Phi) is 6.08. The molecule has 0 saturated carbocycles. The molecule has 25 heavy (non-hydrogen) atoms. The minimum absolute atomic E-state index is 0.0383. The second-order valence-electron chi connectivity index (χ2n) is 5.40. The van der Waals surface area contributed by atoms with Crippen LogP contribution in [0, 0.1) is 0 Å². The maximum atomic E-state index is 12.3. The van der Waals surface area contributed by atoms with E-state index < -0.39 is 11.9 Å². The molecule has 2 unspecified atom stereocenters. The average Bonchev–Trinajstić information content (AvgIpc) is 2.63. The van der Waals surface area contributed by atoms with E-state index in [2.05, 4.69) is 10.3 Å². The number of carbonyl (C=O) groups is 2. The number of ether oxygens (including phenoxy) is 2. The summed E-state index contributed by atoms with van der Waals surface area (Å²) in [6.07, 6.45) is -0.377. The average molecular weight is 344 g/mol. The first-order valence-electron chi connectivity index (χ1n) is 7.64. The second kappa shape index (κ2) is 8.25. The van der Waals surface area contributed by atoms with Gasteiger partial charge in [-0.05, 0) is 36.8 Å². The largest absolute Gasteiger partial charge is 0.497 e. The number of rotatable bonds is 7. The number of hydrogen-bond acceptors (Lipinski definition) is 5. The molecule has 2 aromatic rings. The molecule has 7 nitrogen and oxygen atoms in total. The van der Waals surface area contributed by atoms with Crippen LogP contribution in [0.2, 0.25) is 0 Å². The molecule has 1 aromatic carbocycles. The zero-order valence-electron chi connectivity index (χ0n) is 14.2. The van der Waals surface area contributed by atoms with Crippen molar-refractivity contribution in [1.29, 1.82) is 0 Å². The Balaban J connectivity index is 2.12. The van der Waals surface area contributed by atoms with Gasteiger partial charge in [0.05, 0.1) is 13.2 Å². The van der Waals surface area contributed by atoms with Crippen LogP contribution in [0.4, 0.5) is 0 Å². The van der Waals surface area contributed by atoms with Crippen molar-refractivity contribution < 1.29 is 24.2 Å². The highest BCUT2D eigenvalue weighted by Gasteiger charge is 2.22. The maximum Gasteiger partial charge on any atom is 0.354 e. The summed E-state index contributed by atoms with van der Waals surface area (Å²) in [5.74, 6) is -0.924. The molecule has 0 saturated heterocycles. The van der Waals surface area contributed by atoms with Crippen molar-refractivity contribution in [2.75, 3.05) is 14.2 Å². The highest BCUT2D eigenvalue weighted by atomic mass is 16.5. The Hall–Kier alpha value is -2.93. The van der Waals surface area contributed by atoms with E-state index in [1.165, 1.54) is 18.2 Å². The van der Waals surface area contributed by atoms with E-state index in [1.54, 1.807) is 21.1 Å². The molecule has 132 valence electrons. The number of nitrogens with one attached hydrogen (secondary N) is 1. The molecular weight excluding hydrogens is 324 g/mol. The molecule has 2 N–H and O–H groups in total. The number of amides is 1. The van der Waals surface area contributed by atoms with Gasteiger partial charge in [-0.1, -0.05) is 18.2 Å². The number of benzene rings is 1. The first kappa shape index (κ1) is 18.4. The zero-order chi connectivity index (χ0) is 18.4. The Morgan fingerprint density at radius 1 is 1.08 bits per heavy atom. The van der Waals surface area contributed by atoms with E-state index in [0.717, 1.165) is 11.3 Å². The first-order chi connectivity index (χ1) is 12.0. The van der Waals surface area contributed by atoms with Crippen molar-refractivity contribution >= 4 is 11.9 Å². The molecule has 0 aliphatic heterocycles. The van der Waals surface area contributed by atoms with E-state index in [9.17, 15) is 9.59 Å². The number of carboxylic acid groups (broad SMARTS) is 1. The molecule has 0 fully saturated rings. The van der Waals surface area contributed by atoms with Gasteiger partial charge in [0, 0.05) is 7.11 Å². The number of pyridine rings is 1. The summed E-state index contributed by atoms with van der Waals surface area (Å²) >= 11 is 0. The second-order valence-corrected chi connectivity index (χ2v) is 5.40. The number of carboxylic acids is 1. The normalized spacial score (nSPS) is 12.9. The van der Waals surface area contributed by atoms with E-state index in [4.69, 9.17) is 14.6 Å². The van der Waals surface area contributed by atoms with Crippen LogP contribution in [0.15, 0.2) is 42.5 Å². The van der Waals surface area contributed by atoms with Gasteiger partial charge in [-0.15, -0.1) is 0 Å². The number of carbonyl (C=O) groups excluding carboxylic acids is 1. The van der Waals surface area contributed by atoms with Crippen LogP contribution in [-0.4, -0.2) is 42.2 Å². The fourth-order valence-corrected chi connectivity index (χ4v) is 2.46. The van der Waals surface area contributed by atoms with Gasteiger partial charge < -0.3 is 19.9 Å². The lowest BCUT2D eigenvalue weighted by Crippen LogP contribution is -2.38. The van der Waals surface area contributed by atoms with Crippen LogP contribution in [0.1, 0.15) is 39.6 Å². The van der Waals surface area contributed by atoms with Gasteiger partial charge >= 0.3 is 5.97 Å². The van der Waals surface area contributed by atoms with Crippen LogP contribution in [0.25, 0.3) is 0 Å². The lowest BCUT2D eigenvalue weighted by atomic mass is 10.0. The smallest absolute Gasteiger partial charge is 0.354 e. The van der Waals surface area contributed by atoms with Crippen LogP contribution in [-0.2, 0) is 4.74 Å². The van der Waals surface area contributed by atoms with Gasteiger partial charge in [0.1, 0.15) is 23.2 Å². The lowest BCUT2D eigenvalue weighted by molar-refractivity contribution is 0.0641. The summed E-state index contributed by atoms with van der Waals surface area (Å²) in [5, 5.41) is 11.8. The van der Waals surface area contributed by atoms with Crippen molar-refractivity contribution in [3.8, 4) is 5.75 Å². The van der Waals surface area contributed by atoms with Crippen molar-refractivity contribution in [1.82, 2.24) is 10.3 Å². The van der Waals surface area contributed by atoms with Gasteiger partial charge in [-0.2, -0.15) is 0 Å². The van der Waals surface area contributed by atoms with Gasteiger partial charge in [-0.25, -0.2) is 9.78 Å². The fraction of sp³-hybridized carbons (Fsp3) is 0.278. The molecule has 1 amide bonds. The molecule has 0 aliphatic rings. The Bertz CT molecular complexity index is 745. The van der Waals surface area contributed by atoms with E-state index in [-0.39, 0.29) is 23.5 Å². The summed E-state index contributed by atoms with van der Waals surface area (Å²) in [6, 6.07) is 11.3. The molecule has 0 radical (unpaired) electrons. The summed E-state index contributed by atoms with van der Waals surface area (Å²) in [6.45, 7) is 1.80. The van der Waals surface area contributed by atoms with Crippen molar-refractivity contribution in [3.05, 3.63) is 59.4 Å². The molecule has 0 aliphatic carbocycles. The van der Waals surface area contributed by atoms with E-state index in [0.29, 0.717) is 0 Å². The monoisotopic (exact) mass is 344 g/mol. The van der Waals surface area contributed by atoms with Crippen molar-refractivity contribution in [2.24, 2.45) is 0 Å². The quantitative estimate of drug-likeness (QED) is 0.800. The highest BCUT2D eigenvalue weighted by Crippen LogP contribution is 2.23. The van der Waals surface area contributed by atoms with Crippen LogP contribution >= 0.6 is 0 Å². The predicted octanol–water partition coefficient (Wildman–Crippen LogP) is 2.29. The lowest BCUT2D eigenvalue weighted by Gasteiger charge is -2.24. The molecule has 0 spiro atoms. The van der Waals surface area contributed by atoms with Gasteiger partial charge in [-0.3, -0.25) is 4.79 Å². The van der Waals surface area contributed by atoms with E-state index >= 15 is 0 Å². The molecule has 0 bridgehead atoms. The molecular formula is C18H20N2O5. The van der Waals surface area contributed by atoms with Gasteiger partial charge in [0.15, 0.2) is 0 Å². The molecule has 2 atom stereocenters. The van der Waals surface area contributed by atoms with Crippen molar-refractivity contribution in [3.63, 3.8) is 0 Å². The SMILES string of the molecule is COc1ccc(C(OC)C(C)NC(=O)c2cccc(C(=O)O)n2)cc1. The summed E-state index contributed by atoms with van der Waals surface area (Å²) in [4.78, 5) is 27.1. The number of aromatic nitrogens is 1. The summed E-state index contributed by atoms with van der Waals surface area (Å²) in [5.41, 5.74) is 0.735. The third-order valence-electron chi connectivity index (χ3n) is 3.71. The Morgan fingerprint density at radius 3 is 2.28 bits per heavy atom. The molecule has 7 heteroatoms. The zero-order valence-corrected chi connectivity index (χ0v) is 14.2. The number of nitrogens with zero attached hydrogens (tertiary/aromatic N) is 1.